The van der Waals surface area contributed by atoms with Gasteiger partial charge in [-0.3, -0.25) is 0 Å². The Kier molecular flexibility index (Phi) is 4.31. The molecule has 0 amide bonds. The van der Waals surface area contributed by atoms with Crippen molar-refractivity contribution >= 4 is 0 Å². The molecule has 1 atom stereocenters. The second-order valence-corrected chi connectivity index (χ2v) is 4.47. The van der Waals surface area contributed by atoms with Crippen molar-refractivity contribution in [3.05, 3.63) is 35.6 Å². The van der Waals surface area contributed by atoms with Crippen molar-refractivity contribution in [2.45, 2.75) is 19.4 Å². The standard InChI is InChI=1S/C13H19FN2/c14-13-5-1-3-11(7-13)8-16-10-12-4-2-6-15-9-12/h1,3,5,7,12,15-16H,2,4,6,8-10H2/t12-/m0/s1. The fraction of sp³-hybridized carbons (Fsp3) is 0.538. The minimum atomic E-state index is -0.154. The van der Waals surface area contributed by atoms with Crippen LogP contribution in [-0.2, 0) is 6.54 Å². The summed E-state index contributed by atoms with van der Waals surface area (Å²) >= 11 is 0. The Morgan fingerprint density at radius 3 is 3.12 bits per heavy atom. The second-order valence-electron chi connectivity index (χ2n) is 4.47. The first-order chi connectivity index (χ1) is 7.84. The zero-order valence-electron chi connectivity index (χ0n) is 9.51. The molecule has 0 bridgehead atoms. The number of rotatable bonds is 4. The highest BCUT2D eigenvalue weighted by Crippen LogP contribution is 2.09. The van der Waals surface area contributed by atoms with Crippen LogP contribution in [0.1, 0.15) is 18.4 Å². The number of nitrogens with one attached hydrogen (secondary N) is 2. The summed E-state index contributed by atoms with van der Waals surface area (Å²) in [4.78, 5) is 0. The normalized spacial score (nSPS) is 20.9. The molecule has 2 rings (SSSR count). The number of hydrogen-bond donors (Lipinski definition) is 2. The summed E-state index contributed by atoms with van der Waals surface area (Å²) in [5, 5.41) is 6.78. The average molecular weight is 222 g/mol. The van der Waals surface area contributed by atoms with Crippen LogP contribution in [0, 0.1) is 11.7 Å². The third kappa shape index (κ3) is 3.58. The van der Waals surface area contributed by atoms with Crippen LogP contribution in [0.2, 0.25) is 0 Å². The molecule has 0 aromatic heterocycles. The van der Waals surface area contributed by atoms with Gasteiger partial charge >= 0.3 is 0 Å². The molecule has 3 heteroatoms. The highest BCUT2D eigenvalue weighted by Gasteiger charge is 2.11. The molecule has 0 saturated carbocycles. The van der Waals surface area contributed by atoms with Crippen molar-refractivity contribution in [2.75, 3.05) is 19.6 Å². The largest absolute Gasteiger partial charge is 0.316 e. The molecule has 16 heavy (non-hydrogen) atoms. The molecule has 1 aliphatic heterocycles. The van der Waals surface area contributed by atoms with E-state index in [2.05, 4.69) is 10.6 Å². The smallest absolute Gasteiger partial charge is 0.123 e. The summed E-state index contributed by atoms with van der Waals surface area (Å²) in [6.45, 7) is 4.04. The van der Waals surface area contributed by atoms with Crippen molar-refractivity contribution in [3.63, 3.8) is 0 Å². The van der Waals surface area contributed by atoms with Gasteiger partial charge in [-0.1, -0.05) is 12.1 Å². The zero-order valence-corrected chi connectivity index (χ0v) is 9.51. The van der Waals surface area contributed by atoms with Crippen LogP contribution in [-0.4, -0.2) is 19.6 Å². The van der Waals surface area contributed by atoms with Crippen LogP contribution in [0.5, 0.6) is 0 Å². The predicted octanol–water partition coefficient (Wildman–Crippen LogP) is 1.91. The molecular weight excluding hydrogens is 203 g/mol. The van der Waals surface area contributed by atoms with Gasteiger partial charge in [-0.05, 0) is 56.1 Å². The fourth-order valence-electron chi connectivity index (χ4n) is 2.17. The molecule has 0 aliphatic carbocycles. The third-order valence-corrected chi connectivity index (χ3v) is 3.05. The molecule has 1 aromatic carbocycles. The summed E-state index contributed by atoms with van der Waals surface area (Å²) in [5.41, 5.74) is 1.02. The predicted molar refractivity (Wildman–Crippen MR) is 63.7 cm³/mol. The Hall–Kier alpha value is -0.930. The summed E-state index contributed by atoms with van der Waals surface area (Å²) in [5.74, 6) is 0.570. The highest BCUT2D eigenvalue weighted by atomic mass is 19.1. The van der Waals surface area contributed by atoms with E-state index >= 15 is 0 Å². The molecule has 88 valence electrons. The van der Waals surface area contributed by atoms with Crippen molar-refractivity contribution in [1.29, 1.82) is 0 Å². The van der Waals surface area contributed by atoms with E-state index in [0.717, 1.165) is 37.7 Å². The Morgan fingerprint density at radius 1 is 1.44 bits per heavy atom. The topological polar surface area (TPSA) is 24.1 Å². The van der Waals surface area contributed by atoms with E-state index in [1.165, 1.54) is 18.9 Å². The van der Waals surface area contributed by atoms with Crippen LogP contribution in [0.25, 0.3) is 0 Å². The van der Waals surface area contributed by atoms with Gasteiger partial charge in [0.2, 0.25) is 0 Å². The van der Waals surface area contributed by atoms with Gasteiger partial charge in [-0.15, -0.1) is 0 Å². The van der Waals surface area contributed by atoms with E-state index in [9.17, 15) is 4.39 Å². The Morgan fingerprint density at radius 2 is 2.38 bits per heavy atom. The van der Waals surface area contributed by atoms with Crippen LogP contribution >= 0.6 is 0 Å². The number of piperidine rings is 1. The Bertz CT molecular complexity index is 321. The van der Waals surface area contributed by atoms with E-state index in [-0.39, 0.29) is 5.82 Å². The lowest BCUT2D eigenvalue weighted by molar-refractivity contribution is 0.360. The zero-order chi connectivity index (χ0) is 11.2. The van der Waals surface area contributed by atoms with Crippen molar-refractivity contribution < 1.29 is 4.39 Å². The Balaban J connectivity index is 1.71. The molecule has 1 saturated heterocycles. The summed E-state index contributed by atoms with van der Waals surface area (Å²) in [6.07, 6.45) is 2.56. The lowest BCUT2D eigenvalue weighted by atomic mass is 10.00. The average Bonchev–Trinajstić information content (AvgIpc) is 2.30. The van der Waals surface area contributed by atoms with Crippen LogP contribution < -0.4 is 10.6 Å². The molecular formula is C13H19FN2. The van der Waals surface area contributed by atoms with Crippen LogP contribution in [0.3, 0.4) is 0 Å². The maximum atomic E-state index is 12.9. The van der Waals surface area contributed by atoms with Gasteiger partial charge in [0, 0.05) is 6.54 Å². The molecule has 1 aliphatic rings. The summed E-state index contributed by atoms with van der Waals surface area (Å²) in [7, 11) is 0. The number of halogens is 1. The molecule has 1 aromatic rings. The molecule has 0 spiro atoms. The van der Waals surface area contributed by atoms with Gasteiger partial charge in [0.05, 0.1) is 0 Å². The molecule has 0 radical (unpaired) electrons. The minimum Gasteiger partial charge on any atom is -0.316 e. The van der Waals surface area contributed by atoms with E-state index in [1.54, 1.807) is 12.1 Å². The van der Waals surface area contributed by atoms with Crippen LogP contribution in [0.4, 0.5) is 4.39 Å². The molecule has 1 heterocycles. The van der Waals surface area contributed by atoms with Crippen molar-refractivity contribution in [3.8, 4) is 0 Å². The Labute approximate surface area is 96.2 Å². The molecule has 2 nitrogen and oxygen atoms in total. The van der Waals surface area contributed by atoms with Gasteiger partial charge in [0.1, 0.15) is 5.82 Å². The summed E-state index contributed by atoms with van der Waals surface area (Å²) < 4.78 is 12.9. The van der Waals surface area contributed by atoms with Gasteiger partial charge in [0.25, 0.3) is 0 Å². The van der Waals surface area contributed by atoms with E-state index in [4.69, 9.17) is 0 Å². The summed E-state index contributed by atoms with van der Waals surface area (Å²) in [6, 6.07) is 6.78. The van der Waals surface area contributed by atoms with Gasteiger partial charge < -0.3 is 10.6 Å². The lowest BCUT2D eigenvalue weighted by Crippen LogP contribution is -2.35. The molecule has 0 unspecified atom stereocenters. The fourth-order valence-corrected chi connectivity index (χ4v) is 2.17. The van der Waals surface area contributed by atoms with E-state index in [0.29, 0.717) is 0 Å². The van der Waals surface area contributed by atoms with E-state index < -0.39 is 0 Å². The second kappa shape index (κ2) is 5.97. The van der Waals surface area contributed by atoms with Crippen molar-refractivity contribution in [2.24, 2.45) is 5.92 Å². The highest BCUT2D eigenvalue weighted by molar-refractivity contribution is 5.15. The van der Waals surface area contributed by atoms with Gasteiger partial charge in [-0.25, -0.2) is 4.39 Å². The first-order valence-corrected chi connectivity index (χ1v) is 6.00. The molecule has 1 fully saturated rings. The maximum Gasteiger partial charge on any atom is 0.123 e. The number of benzene rings is 1. The van der Waals surface area contributed by atoms with E-state index in [1.807, 2.05) is 6.07 Å². The quantitative estimate of drug-likeness (QED) is 0.813. The lowest BCUT2D eigenvalue weighted by Gasteiger charge is -2.22. The van der Waals surface area contributed by atoms with Crippen LogP contribution in [0.15, 0.2) is 24.3 Å². The third-order valence-electron chi connectivity index (χ3n) is 3.05. The first kappa shape index (κ1) is 11.6. The maximum absolute atomic E-state index is 12.9. The first-order valence-electron chi connectivity index (χ1n) is 6.00. The monoisotopic (exact) mass is 222 g/mol. The SMILES string of the molecule is Fc1cccc(CNC[C@H]2CCCNC2)c1. The van der Waals surface area contributed by atoms with Gasteiger partial charge in [0.15, 0.2) is 0 Å². The molecule has 2 N–H and O–H groups in total. The number of hydrogen-bond acceptors (Lipinski definition) is 2. The minimum absolute atomic E-state index is 0.154. The van der Waals surface area contributed by atoms with Gasteiger partial charge in [-0.2, -0.15) is 0 Å². The van der Waals surface area contributed by atoms with Crippen molar-refractivity contribution in [1.82, 2.24) is 10.6 Å².